The van der Waals surface area contributed by atoms with E-state index in [-0.39, 0.29) is 0 Å². The summed E-state index contributed by atoms with van der Waals surface area (Å²) in [7, 11) is 0. The van der Waals surface area contributed by atoms with Crippen molar-refractivity contribution in [3.05, 3.63) is 35.0 Å². The summed E-state index contributed by atoms with van der Waals surface area (Å²) in [6, 6.07) is 7.88. The van der Waals surface area contributed by atoms with E-state index in [1.807, 2.05) is 24.4 Å². The van der Waals surface area contributed by atoms with E-state index in [1.165, 1.54) is 0 Å². The standard InChI is InChI=1S/C11H9ClN2/c12-9-3-4-11-10(6-9)8(7-14-11)2-1-5-13/h3-4,6-7,14H,1-2H2. The number of aryl methyl sites for hydroxylation is 1. The molecule has 0 saturated heterocycles. The average molecular weight is 205 g/mol. The molecule has 0 aliphatic rings. The number of nitrogens with zero attached hydrogens (tertiary/aromatic N) is 1. The smallest absolute Gasteiger partial charge is 0.0625 e. The van der Waals surface area contributed by atoms with Crippen molar-refractivity contribution in [2.45, 2.75) is 12.8 Å². The zero-order chi connectivity index (χ0) is 9.97. The maximum atomic E-state index is 8.51. The van der Waals surface area contributed by atoms with E-state index in [4.69, 9.17) is 16.9 Å². The van der Waals surface area contributed by atoms with E-state index < -0.39 is 0 Å². The Morgan fingerprint density at radius 3 is 3.07 bits per heavy atom. The van der Waals surface area contributed by atoms with Gasteiger partial charge in [0.2, 0.25) is 0 Å². The van der Waals surface area contributed by atoms with Gasteiger partial charge >= 0.3 is 0 Å². The number of fused-ring (bicyclic) bond motifs is 1. The number of hydrogen-bond acceptors (Lipinski definition) is 1. The molecule has 0 aliphatic carbocycles. The summed E-state index contributed by atoms with van der Waals surface area (Å²) in [5, 5.41) is 10.4. The normalized spacial score (nSPS) is 10.3. The number of aromatic nitrogens is 1. The van der Waals surface area contributed by atoms with E-state index in [1.54, 1.807) is 0 Å². The lowest BCUT2D eigenvalue weighted by Crippen LogP contribution is -1.80. The SMILES string of the molecule is N#CCCc1c[nH]c2ccc(Cl)cc12. The first-order valence-electron chi connectivity index (χ1n) is 4.44. The molecule has 1 aromatic carbocycles. The van der Waals surface area contributed by atoms with Crippen molar-refractivity contribution in [2.75, 3.05) is 0 Å². The van der Waals surface area contributed by atoms with E-state index >= 15 is 0 Å². The van der Waals surface area contributed by atoms with Crippen molar-refractivity contribution in [3.8, 4) is 6.07 Å². The molecule has 3 heteroatoms. The molecule has 0 spiro atoms. The fourth-order valence-electron chi connectivity index (χ4n) is 1.55. The first kappa shape index (κ1) is 9.11. The van der Waals surface area contributed by atoms with Crippen LogP contribution in [0.3, 0.4) is 0 Å². The van der Waals surface area contributed by atoms with E-state index in [0.717, 1.165) is 27.9 Å². The quantitative estimate of drug-likeness (QED) is 0.801. The third-order valence-corrected chi connectivity index (χ3v) is 2.47. The number of halogens is 1. The molecule has 0 fully saturated rings. The maximum Gasteiger partial charge on any atom is 0.0625 e. The Balaban J connectivity index is 2.46. The van der Waals surface area contributed by atoms with Gasteiger partial charge in [-0.1, -0.05) is 11.6 Å². The summed E-state index contributed by atoms with van der Waals surface area (Å²) in [5.74, 6) is 0. The number of aromatic amines is 1. The Hall–Kier alpha value is -1.46. The third-order valence-electron chi connectivity index (χ3n) is 2.24. The first-order valence-corrected chi connectivity index (χ1v) is 4.81. The summed E-state index contributed by atoms with van der Waals surface area (Å²) in [5.41, 5.74) is 2.23. The third kappa shape index (κ3) is 1.59. The van der Waals surface area contributed by atoms with Crippen LogP contribution in [0.2, 0.25) is 5.02 Å². The second kappa shape index (κ2) is 3.73. The minimum absolute atomic E-state index is 0.541. The van der Waals surface area contributed by atoms with Crippen LogP contribution >= 0.6 is 11.6 Å². The summed E-state index contributed by atoms with van der Waals surface area (Å²) >= 11 is 5.90. The van der Waals surface area contributed by atoms with Gasteiger partial charge in [-0.15, -0.1) is 0 Å². The Labute approximate surface area is 87.1 Å². The van der Waals surface area contributed by atoms with Crippen LogP contribution in [0.25, 0.3) is 10.9 Å². The van der Waals surface area contributed by atoms with Crippen LogP contribution < -0.4 is 0 Å². The molecule has 0 bridgehead atoms. The highest BCUT2D eigenvalue weighted by Crippen LogP contribution is 2.23. The predicted molar refractivity (Wildman–Crippen MR) is 57.2 cm³/mol. The van der Waals surface area contributed by atoms with Crippen molar-refractivity contribution in [3.63, 3.8) is 0 Å². The van der Waals surface area contributed by atoms with Crippen molar-refractivity contribution < 1.29 is 0 Å². The Kier molecular flexibility index (Phi) is 2.43. The summed E-state index contributed by atoms with van der Waals surface area (Å²) < 4.78 is 0. The number of H-pyrrole nitrogens is 1. The maximum absolute atomic E-state index is 8.51. The van der Waals surface area contributed by atoms with Crippen molar-refractivity contribution in [1.29, 1.82) is 5.26 Å². The molecule has 70 valence electrons. The van der Waals surface area contributed by atoms with Crippen LogP contribution in [0.4, 0.5) is 0 Å². The number of nitrogens with one attached hydrogen (secondary N) is 1. The highest BCUT2D eigenvalue weighted by molar-refractivity contribution is 6.31. The lowest BCUT2D eigenvalue weighted by Gasteiger charge is -1.95. The molecular formula is C11H9ClN2. The van der Waals surface area contributed by atoms with Gasteiger partial charge in [0.1, 0.15) is 0 Å². The number of rotatable bonds is 2. The molecule has 1 aromatic heterocycles. The Morgan fingerprint density at radius 1 is 1.43 bits per heavy atom. The van der Waals surface area contributed by atoms with Gasteiger partial charge in [0.15, 0.2) is 0 Å². The molecule has 0 unspecified atom stereocenters. The number of benzene rings is 1. The Morgan fingerprint density at radius 2 is 2.29 bits per heavy atom. The fourth-order valence-corrected chi connectivity index (χ4v) is 1.72. The number of nitriles is 1. The molecule has 0 aliphatic heterocycles. The molecular weight excluding hydrogens is 196 g/mol. The predicted octanol–water partition coefficient (Wildman–Crippen LogP) is 3.28. The molecule has 0 saturated carbocycles. The van der Waals surface area contributed by atoms with Gasteiger partial charge in [0, 0.05) is 28.5 Å². The van der Waals surface area contributed by atoms with E-state index in [2.05, 4.69) is 11.1 Å². The van der Waals surface area contributed by atoms with Crippen LogP contribution in [0.1, 0.15) is 12.0 Å². The Bertz CT molecular complexity index is 493. The summed E-state index contributed by atoms with van der Waals surface area (Å²) in [6.45, 7) is 0. The topological polar surface area (TPSA) is 39.6 Å². The number of hydrogen-bond donors (Lipinski definition) is 1. The lowest BCUT2D eigenvalue weighted by molar-refractivity contribution is 1.02. The highest BCUT2D eigenvalue weighted by Gasteiger charge is 2.03. The van der Waals surface area contributed by atoms with Gasteiger partial charge in [0.25, 0.3) is 0 Å². The van der Waals surface area contributed by atoms with Crippen LogP contribution in [0.5, 0.6) is 0 Å². The minimum atomic E-state index is 0.541. The monoisotopic (exact) mass is 204 g/mol. The zero-order valence-electron chi connectivity index (χ0n) is 7.55. The van der Waals surface area contributed by atoms with Crippen LogP contribution in [-0.2, 0) is 6.42 Å². The average Bonchev–Trinajstić information content (AvgIpc) is 2.57. The van der Waals surface area contributed by atoms with Gasteiger partial charge in [-0.05, 0) is 30.2 Å². The molecule has 2 rings (SSSR count). The van der Waals surface area contributed by atoms with Crippen LogP contribution in [-0.4, -0.2) is 4.98 Å². The fraction of sp³-hybridized carbons (Fsp3) is 0.182. The van der Waals surface area contributed by atoms with Gasteiger partial charge < -0.3 is 4.98 Å². The zero-order valence-corrected chi connectivity index (χ0v) is 8.30. The van der Waals surface area contributed by atoms with Crippen molar-refractivity contribution >= 4 is 22.5 Å². The largest absolute Gasteiger partial charge is 0.361 e. The molecule has 14 heavy (non-hydrogen) atoms. The minimum Gasteiger partial charge on any atom is -0.361 e. The lowest BCUT2D eigenvalue weighted by atomic mass is 10.1. The molecule has 2 nitrogen and oxygen atoms in total. The van der Waals surface area contributed by atoms with Gasteiger partial charge in [-0.2, -0.15) is 5.26 Å². The van der Waals surface area contributed by atoms with Crippen LogP contribution in [0.15, 0.2) is 24.4 Å². The van der Waals surface area contributed by atoms with Crippen LogP contribution in [0, 0.1) is 11.3 Å². The molecule has 2 aromatic rings. The highest BCUT2D eigenvalue weighted by atomic mass is 35.5. The van der Waals surface area contributed by atoms with Gasteiger partial charge in [-0.25, -0.2) is 0 Å². The van der Waals surface area contributed by atoms with E-state index in [0.29, 0.717) is 6.42 Å². The summed E-state index contributed by atoms with van der Waals surface area (Å²) in [4.78, 5) is 3.16. The molecule has 0 amide bonds. The van der Waals surface area contributed by atoms with Gasteiger partial charge in [0.05, 0.1) is 6.07 Å². The molecule has 0 radical (unpaired) electrons. The van der Waals surface area contributed by atoms with Crippen molar-refractivity contribution in [1.82, 2.24) is 4.98 Å². The molecule has 1 N–H and O–H groups in total. The second-order valence-electron chi connectivity index (χ2n) is 3.16. The van der Waals surface area contributed by atoms with Gasteiger partial charge in [-0.3, -0.25) is 0 Å². The van der Waals surface area contributed by atoms with E-state index in [9.17, 15) is 0 Å². The summed E-state index contributed by atoms with van der Waals surface area (Å²) in [6.07, 6.45) is 3.26. The first-order chi connectivity index (χ1) is 6.81. The van der Waals surface area contributed by atoms with Crippen molar-refractivity contribution in [2.24, 2.45) is 0 Å². The molecule has 1 heterocycles. The second-order valence-corrected chi connectivity index (χ2v) is 3.60. The molecule has 0 atom stereocenters.